The van der Waals surface area contributed by atoms with Gasteiger partial charge in [-0.2, -0.15) is 0 Å². The molecule has 2 N–H and O–H groups in total. The van der Waals surface area contributed by atoms with Crippen LogP contribution in [-0.2, 0) is 11.4 Å². The van der Waals surface area contributed by atoms with Crippen molar-refractivity contribution < 1.29 is 9.53 Å². The van der Waals surface area contributed by atoms with Crippen molar-refractivity contribution in [2.75, 3.05) is 0 Å². The molecule has 2 aromatic carbocycles. The van der Waals surface area contributed by atoms with E-state index in [1.165, 1.54) is 6.08 Å². The Labute approximate surface area is 112 Å². The van der Waals surface area contributed by atoms with Crippen molar-refractivity contribution in [2.24, 2.45) is 5.73 Å². The highest BCUT2D eigenvalue weighted by atomic mass is 16.5. The molecule has 0 heterocycles. The smallest absolute Gasteiger partial charge is 0.241 e. The molecule has 0 bridgehead atoms. The zero-order valence-corrected chi connectivity index (χ0v) is 10.5. The standard InChI is InChI=1S/C16H15NO2/c17-16(18)11-8-13-6-9-15(10-7-13)19-12-14-4-2-1-3-5-14/h1-11H,12H2,(H2,17,18). The van der Waals surface area contributed by atoms with Gasteiger partial charge in [0.25, 0.3) is 0 Å². The third-order valence-electron chi connectivity index (χ3n) is 2.57. The molecule has 0 fully saturated rings. The van der Waals surface area contributed by atoms with Gasteiger partial charge in [-0.15, -0.1) is 0 Å². The van der Waals surface area contributed by atoms with Gasteiger partial charge >= 0.3 is 0 Å². The second-order valence-electron chi connectivity index (χ2n) is 4.08. The monoisotopic (exact) mass is 253 g/mol. The largest absolute Gasteiger partial charge is 0.489 e. The number of amides is 1. The molecule has 0 atom stereocenters. The predicted octanol–water partition coefficient (Wildman–Crippen LogP) is 2.76. The number of primary amides is 1. The van der Waals surface area contributed by atoms with Crippen LogP contribution in [0.15, 0.2) is 60.7 Å². The zero-order valence-electron chi connectivity index (χ0n) is 10.5. The number of hydrogen-bond donors (Lipinski definition) is 1. The van der Waals surface area contributed by atoms with E-state index in [4.69, 9.17) is 10.5 Å². The molecule has 2 aromatic rings. The summed E-state index contributed by atoms with van der Waals surface area (Å²) in [6, 6.07) is 17.5. The van der Waals surface area contributed by atoms with E-state index in [0.717, 1.165) is 16.9 Å². The van der Waals surface area contributed by atoms with E-state index in [0.29, 0.717) is 6.61 Å². The van der Waals surface area contributed by atoms with Gasteiger partial charge in [-0.3, -0.25) is 4.79 Å². The summed E-state index contributed by atoms with van der Waals surface area (Å²) in [5.41, 5.74) is 7.07. The topological polar surface area (TPSA) is 52.3 Å². The van der Waals surface area contributed by atoms with Crippen LogP contribution >= 0.6 is 0 Å². The number of benzene rings is 2. The Morgan fingerprint density at radius 1 is 1.05 bits per heavy atom. The van der Waals surface area contributed by atoms with E-state index in [1.54, 1.807) is 6.08 Å². The van der Waals surface area contributed by atoms with Crippen molar-refractivity contribution in [1.29, 1.82) is 0 Å². The molecule has 3 nitrogen and oxygen atoms in total. The minimum atomic E-state index is -0.454. The molecular formula is C16H15NO2. The van der Waals surface area contributed by atoms with Crippen LogP contribution in [0.5, 0.6) is 5.75 Å². The van der Waals surface area contributed by atoms with E-state index in [-0.39, 0.29) is 0 Å². The van der Waals surface area contributed by atoms with Gasteiger partial charge < -0.3 is 10.5 Å². The Balaban J connectivity index is 1.94. The second kappa shape index (κ2) is 6.40. The number of hydrogen-bond acceptors (Lipinski definition) is 2. The van der Waals surface area contributed by atoms with Gasteiger partial charge in [0.15, 0.2) is 0 Å². The molecule has 96 valence electrons. The van der Waals surface area contributed by atoms with Gasteiger partial charge in [-0.1, -0.05) is 42.5 Å². The van der Waals surface area contributed by atoms with Crippen molar-refractivity contribution in [1.82, 2.24) is 0 Å². The van der Waals surface area contributed by atoms with Crippen LogP contribution in [0.2, 0.25) is 0 Å². The first-order valence-electron chi connectivity index (χ1n) is 5.98. The molecule has 3 heteroatoms. The van der Waals surface area contributed by atoms with Crippen LogP contribution in [0, 0.1) is 0 Å². The quantitative estimate of drug-likeness (QED) is 0.833. The van der Waals surface area contributed by atoms with Gasteiger partial charge in [-0.05, 0) is 29.3 Å². The SMILES string of the molecule is NC(=O)C=Cc1ccc(OCc2ccccc2)cc1. The molecule has 0 aliphatic carbocycles. The molecule has 19 heavy (non-hydrogen) atoms. The second-order valence-corrected chi connectivity index (χ2v) is 4.08. The molecule has 2 rings (SSSR count). The molecule has 0 spiro atoms. The maximum Gasteiger partial charge on any atom is 0.241 e. The van der Waals surface area contributed by atoms with E-state index in [9.17, 15) is 4.79 Å². The lowest BCUT2D eigenvalue weighted by molar-refractivity contribution is -0.113. The Morgan fingerprint density at radius 2 is 1.74 bits per heavy atom. The maximum absolute atomic E-state index is 10.6. The number of rotatable bonds is 5. The number of carbonyl (C=O) groups excluding carboxylic acids is 1. The Bertz CT molecular complexity index is 559. The van der Waals surface area contributed by atoms with E-state index >= 15 is 0 Å². The van der Waals surface area contributed by atoms with Gasteiger partial charge in [0, 0.05) is 6.08 Å². The van der Waals surface area contributed by atoms with Crippen LogP contribution in [0.3, 0.4) is 0 Å². The zero-order chi connectivity index (χ0) is 13.5. The molecule has 0 radical (unpaired) electrons. The first-order valence-corrected chi connectivity index (χ1v) is 5.98. The Kier molecular flexibility index (Phi) is 4.34. The molecule has 0 saturated heterocycles. The Morgan fingerprint density at radius 3 is 2.37 bits per heavy atom. The highest BCUT2D eigenvalue weighted by Crippen LogP contribution is 2.15. The summed E-state index contributed by atoms with van der Waals surface area (Å²) in [6.07, 6.45) is 3.00. The summed E-state index contributed by atoms with van der Waals surface area (Å²) in [5, 5.41) is 0. The van der Waals surface area contributed by atoms with Gasteiger partial charge in [0.2, 0.25) is 5.91 Å². The Hall–Kier alpha value is -2.55. The first kappa shape index (κ1) is 12.9. The van der Waals surface area contributed by atoms with Crippen LogP contribution in [0.4, 0.5) is 0 Å². The molecule has 0 unspecified atom stereocenters. The minimum absolute atomic E-state index is 0.454. The third-order valence-corrected chi connectivity index (χ3v) is 2.57. The minimum Gasteiger partial charge on any atom is -0.489 e. The summed E-state index contributed by atoms with van der Waals surface area (Å²) in [7, 11) is 0. The maximum atomic E-state index is 10.6. The van der Waals surface area contributed by atoms with Crippen molar-refractivity contribution in [3.63, 3.8) is 0 Å². The lowest BCUT2D eigenvalue weighted by Crippen LogP contribution is -2.05. The lowest BCUT2D eigenvalue weighted by atomic mass is 10.2. The van der Waals surface area contributed by atoms with Crippen LogP contribution in [0.25, 0.3) is 6.08 Å². The summed E-state index contributed by atoms with van der Waals surface area (Å²) in [5.74, 6) is 0.337. The average Bonchev–Trinajstić information content (AvgIpc) is 2.45. The average molecular weight is 253 g/mol. The van der Waals surface area contributed by atoms with Crippen molar-refractivity contribution in [2.45, 2.75) is 6.61 Å². The van der Waals surface area contributed by atoms with E-state index in [1.807, 2.05) is 54.6 Å². The number of carbonyl (C=O) groups is 1. The first-order chi connectivity index (χ1) is 9.24. The van der Waals surface area contributed by atoms with Gasteiger partial charge in [0.05, 0.1) is 0 Å². The normalized spacial score (nSPS) is 10.5. The van der Waals surface area contributed by atoms with Crippen molar-refractivity contribution in [3.05, 3.63) is 71.8 Å². The van der Waals surface area contributed by atoms with Crippen LogP contribution in [-0.4, -0.2) is 5.91 Å². The summed E-state index contributed by atoms with van der Waals surface area (Å²) >= 11 is 0. The summed E-state index contributed by atoms with van der Waals surface area (Å²) in [4.78, 5) is 10.6. The molecule has 0 aliphatic rings. The summed E-state index contributed by atoms with van der Waals surface area (Å²) < 4.78 is 5.66. The molecular weight excluding hydrogens is 238 g/mol. The van der Waals surface area contributed by atoms with E-state index < -0.39 is 5.91 Å². The predicted molar refractivity (Wildman–Crippen MR) is 75.4 cm³/mol. The van der Waals surface area contributed by atoms with Crippen molar-refractivity contribution in [3.8, 4) is 5.75 Å². The fraction of sp³-hybridized carbons (Fsp3) is 0.0625. The number of nitrogens with two attached hydrogens (primary N) is 1. The molecule has 0 aliphatic heterocycles. The van der Waals surface area contributed by atoms with Crippen LogP contribution in [0.1, 0.15) is 11.1 Å². The number of ether oxygens (including phenoxy) is 1. The molecule has 1 amide bonds. The fourth-order valence-electron chi connectivity index (χ4n) is 1.59. The van der Waals surface area contributed by atoms with Crippen LogP contribution < -0.4 is 10.5 Å². The highest BCUT2D eigenvalue weighted by molar-refractivity contribution is 5.90. The lowest BCUT2D eigenvalue weighted by Gasteiger charge is -2.06. The molecule has 0 saturated carbocycles. The van der Waals surface area contributed by atoms with Gasteiger partial charge in [-0.25, -0.2) is 0 Å². The van der Waals surface area contributed by atoms with Gasteiger partial charge in [0.1, 0.15) is 12.4 Å². The summed E-state index contributed by atoms with van der Waals surface area (Å²) in [6.45, 7) is 0.539. The van der Waals surface area contributed by atoms with E-state index in [2.05, 4.69) is 0 Å². The highest BCUT2D eigenvalue weighted by Gasteiger charge is 1.95. The fourth-order valence-corrected chi connectivity index (χ4v) is 1.59. The molecule has 0 aromatic heterocycles. The third kappa shape index (κ3) is 4.32. The van der Waals surface area contributed by atoms with Crippen molar-refractivity contribution >= 4 is 12.0 Å².